The molecule has 1 aliphatic carbocycles. The molecular weight excluding hydrogens is 178 g/mol. The number of carbonyl (C=O) groups excluding carboxylic acids is 2. The lowest BCUT2D eigenvalue weighted by Gasteiger charge is -2.09. The number of hydrogen-bond donors (Lipinski definition) is 0. The molecule has 0 aromatic heterocycles. The Bertz CT molecular complexity index is 214. The predicted molar refractivity (Wildman–Crippen MR) is 42.6 cm³/mol. The van der Waals surface area contributed by atoms with Gasteiger partial charge < -0.3 is 0 Å². The SMILES string of the molecule is O=C1CCCCCC1C(=O)C(F)F. The molecule has 1 saturated carbocycles. The van der Waals surface area contributed by atoms with Crippen LogP contribution in [0.2, 0.25) is 0 Å². The third-order valence-electron chi connectivity index (χ3n) is 2.36. The van der Waals surface area contributed by atoms with Gasteiger partial charge in [-0.25, -0.2) is 8.78 Å². The zero-order valence-electron chi connectivity index (χ0n) is 7.26. The Labute approximate surface area is 75.3 Å². The van der Waals surface area contributed by atoms with Gasteiger partial charge in [0.05, 0.1) is 5.92 Å². The summed E-state index contributed by atoms with van der Waals surface area (Å²) < 4.78 is 24.0. The number of alkyl halides is 2. The van der Waals surface area contributed by atoms with E-state index in [9.17, 15) is 18.4 Å². The number of carbonyl (C=O) groups is 2. The van der Waals surface area contributed by atoms with E-state index in [-0.39, 0.29) is 12.2 Å². The number of Topliss-reactive ketones (excluding diaryl/α,β-unsaturated/α-hetero) is 2. The van der Waals surface area contributed by atoms with E-state index in [1.165, 1.54) is 0 Å². The van der Waals surface area contributed by atoms with Crippen molar-refractivity contribution in [3.05, 3.63) is 0 Å². The lowest BCUT2D eigenvalue weighted by Crippen LogP contribution is -2.28. The lowest BCUT2D eigenvalue weighted by atomic mass is 9.94. The van der Waals surface area contributed by atoms with Crippen LogP contribution in [0.1, 0.15) is 32.1 Å². The van der Waals surface area contributed by atoms with Gasteiger partial charge in [0.1, 0.15) is 5.78 Å². The molecule has 0 aliphatic heterocycles. The normalized spacial score (nSPS) is 24.5. The Balaban J connectivity index is 2.64. The van der Waals surface area contributed by atoms with Crippen LogP contribution in [0, 0.1) is 5.92 Å². The summed E-state index contributed by atoms with van der Waals surface area (Å²) in [6.45, 7) is 0. The van der Waals surface area contributed by atoms with Gasteiger partial charge in [-0.3, -0.25) is 9.59 Å². The van der Waals surface area contributed by atoms with Crippen LogP contribution in [0.3, 0.4) is 0 Å². The molecule has 2 nitrogen and oxygen atoms in total. The van der Waals surface area contributed by atoms with Crippen molar-refractivity contribution in [2.45, 2.75) is 38.5 Å². The van der Waals surface area contributed by atoms with Gasteiger partial charge in [0.2, 0.25) is 5.78 Å². The van der Waals surface area contributed by atoms with E-state index >= 15 is 0 Å². The van der Waals surface area contributed by atoms with Crippen molar-refractivity contribution in [3.63, 3.8) is 0 Å². The molecule has 0 saturated heterocycles. The maximum atomic E-state index is 12.0. The van der Waals surface area contributed by atoms with Crippen LogP contribution in [0.4, 0.5) is 8.78 Å². The molecule has 74 valence electrons. The number of ketones is 2. The molecule has 1 rings (SSSR count). The number of rotatable bonds is 2. The Kier molecular flexibility index (Phi) is 3.51. The van der Waals surface area contributed by atoms with Gasteiger partial charge in [-0.05, 0) is 12.8 Å². The number of halogens is 2. The molecule has 0 radical (unpaired) electrons. The first-order valence-corrected chi connectivity index (χ1v) is 4.47. The van der Waals surface area contributed by atoms with Crippen molar-refractivity contribution in [3.8, 4) is 0 Å². The highest BCUT2D eigenvalue weighted by atomic mass is 19.3. The Morgan fingerprint density at radius 3 is 2.62 bits per heavy atom. The van der Waals surface area contributed by atoms with E-state index in [4.69, 9.17) is 0 Å². The maximum Gasteiger partial charge on any atom is 0.296 e. The summed E-state index contributed by atoms with van der Waals surface area (Å²) in [5.41, 5.74) is 0. The van der Waals surface area contributed by atoms with Crippen molar-refractivity contribution in [2.75, 3.05) is 0 Å². The molecule has 1 atom stereocenters. The summed E-state index contributed by atoms with van der Waals surface area (Å²) in [6.07, 6.45) is -0.114. The van der Waals surface area contributed by atoms with E-state index in [2.05, 4.69) is 0 Å². The fraction of sp³-hybridized carbons (Fsp3) is 0.778. The highest BCUT2D eigenvalue weighted by Gasteiger charge is 2.32. The first-order valence-electron chi connectivity index (χ1n) is 4.47. The molecule has 0 bridgehead atoms. The highest BCUT2D eigenvalue weighted by molar-refractivity contribution is 6.03. The quantitative estimate of drug-likeness (QED) is 0.492. The Hall–Kier alpha value is -0.800. The predicted octanol–water partition coefficient (Wildman–Crippen LogP) is 1.97. The summed E-state index contributed by atoms with van der Waals surface area (Å²) in [5, 5.41) is 0. The molecule has 1 unspecified atom stereocenters. The van der Waals surface area contributed by atoms with E-state index in [1.807, 2.05) is 0 Å². The summed E-state index contributed by atoms with van der Waals surface area (Å²) in [7, 11) is 0. The van der Waals surface area contributed by atoms with Crippen LogP contribution in [0.15, 0.2) is 0 Å². The monoisotopic (exact) mass is 190 g/mol. The third-order valence-corrected chi connectivity index (χ3v) is 2.36. The first-order chi connectivity index (χ1) is 6.13. The van der Waals surface area contributed by atoms with Gasteiger partial charge in [0, 0.05) is 6.42 Å². The highest BCUT2D eigenvalue weighted by Crippen LogP contribution is 2.22. The molecule has 1 fully saturated rings. The van der Waals surface area contributed by atoms with E-state index in [0.717, 1.165) is 12.8 Å². The molecular formula is C9H12F2O2. The Morgan fingerprint density at radius 1 is 1.31 bits per heavy atom. The Morgan fingerprint density at radius 2 is 2.00 bits per heavy atom. The van der Waals surface area contributed by atoms with Crippen LogP contribution in [-0.4, -0.2) is 18.0 Å². The molecule has 0 amide bonds. The van der Waals surface area contributed by atoms with Crippen molar-refractivity contribution in [2.24, 2.45) is 5.92 Å². The minimum atomic E-state index is -2.99. The van der Waals surface area contributed by atoms with Gasteiger partial charge in [0.15, 0.2) is 0 Å². The smallest absolute Gasteiger partial charge is 0.296 e. The zero-order chi connectivity index (χ0) is 9.84. The molecule has 0 spiro atoms. The van der Waals surface area contributed by atoms with Crippen LogP contribution < -0.4 is 0 Å². The van der Waals surface area contributed by atoms with Gasteiger partial charge in [-0.2, -0.15) is 0 Å². The summed E-state index contributed by atoms with van der Waals surface area (Å²) >= 11 is 0. The largest absolute Gasteiger partial charge is 0.299 e. The second-order valence-corrected chi connectivity index (χ2v) is 3.32. The lowest BCUT2D eigenvalue weighted by molar-refractivity contribution is -0.140. The van der Waals surface area contributed by atoms with Crippen LogP contribution in [-0.2, 0) is 9.59 Å². The zero-order valence-corrected chi connectivity index (χ0v) is 7.26. The summed E-state index contributed by atoms with van der Waals surface area (Å²) in [6, 6.07) is 0. The maximum absolute atomic E-state index is 12.0. The van der Waals surface area contributed by atoms with Crippen LogP contribution >= 0.6 is 0 Å². The van der Waals surface area contributed by atoms with Gasteiger partial charge >= 0.3 is 0 Å². The average molecular weight is 190 g/mol. The topological polar surface area (TPSA) is 34.1 Å². The van der Waals surface area contributed by atoms with Gasteiger partial charge in [-0.15, -0.1) is 0 Å². The molecule has 0 aromatic rings. The molecule has 0 N–H and O–H groups in total. The van der Waals surface area contributed by atoms with E-state index in [0.29, 0.717) is 12.8 Å². The summed E-state index contributed by atoms with van der Waals surface area (Å²) in [4.78, 5) is 22.1. The molecule has 13 heavy (non-hydrogen) atoms. The van der Waals surface area contributed by atoms with Crippen molar-refractivity contribution < 1.29 is 18.4 Å². The standard InChI is InChI=1S/C9H12F2O2/c10-9(11)8(13)6-4-2-1-3-5-7(6)12/h6,9H,1-5H2. The van der Waals surface area contributed by atoms with Gasteiger partial charge in [0.25, 0.3) is 6.43 Å². The summed E-state index contributed by atoms with van der Waals surface area (Å²) in [5.74, 6) is -2.52. The van der Waals surface area contributed by atoms with Crippen molar-refractivity contribution >= 4 is 11.6 Å². The second-order valence-electron chi connectivity index (χ2n) is 3.32. The van der Waals surface area contributed by atoms with Crippen molar-refractivity contribution in [1.82, 2.24) is 0 Å². The molecule has 1 aliphatic rings. The van der Waals surface area contributed by atoms with E-state index < -0.39 is 18.1 Å². The minimum Gasteiger partial charge on any atom is -0.299 e. The third kappa shape index (κ3) is 2.57. The van der Waals surface area contributed by atoms with Crippen molar-refractivity contribution in [1.29, 1.82) is 0 Å². The molecule has 0 aromatic carbocycles. The molecule has 0 heterocycles. The fourth-order valence-electron chi connectivity index (χ4n) is 1.61. The van der Waals surface area contributed by atoms with E-state index in [1.54, 1.807) is 0 Å². The number of hydrogen-bond acceptors (Lipinski definition) is 2. The average Bonchev–Trinajstić information content (AvgIpc) is 2.28. The fourth-order valence-corrected chi connectivity index (χ4v) is 1.61. The van der Waals surface area contributed by atoms with Crippen LogP contribution in [0.25, 0.3) is 0 Å². The molecule has 4 heteroatoms. The first kappa shape index (κ1) is 10.3. The second kappa shape index (κ2) is 4.44. The van der Waals surface area contributed by atoms with Gasteiger partial charge in [-0.1, -0.05) is 12.8 Å². The minimum absolute atomic E-state index is 0.281. The van der Waals surface area contributed by atoms with Crippen LogP contribution in [0.5, 0.6) is 0 Å².